The number of rotatable bonds is 3. The molecule has 6 heteroatoms. The van der Waals surface area contributed by atoms with E-state index in [0.717, 1.165) is 27.8 Å². The van der Waals surface area contributed by atoms with Crippen molar-refractivity contribution in [1.29, 1.82) is 0 Å². The molecule has 116 valence electrons. The average molecular weight is 329 g/mol. The van der Waals surface area contributed by atoms with Crippen LogP contribution >= 0.6 is 11.6 Å². The zero-order chi connectivity index (χ0) is 16.0. The van der Waals surface area contributed by atoms with Gasteiger partial charge < -0.3 is 20.1 Å². The Kier molecular flexibility index (Phi) is 3.16. The standard InChI is InChI=1S/C17H13ClN2O3/c18-9-1-4-14-12(5-9)13-7-19-15-6-10(23-8-16(21)22)2-3-11(15)17(13)20-14/h1-6,19-20H,7-8H2,(H,21,22). The van der Waals surface area contributed by atoms with Gasteiger partial charge in [-0.25, -0.2) is 4.79 Å². The summed E-state index contributed by atoms with van der Waals surface area (Å²) in [6.45, 7) is 0.319. The third kappa shape index (κ3) is 2.39. The van der Waals surface area contributed by atoms with Crippen molar-refractivity contribution in [3.8, 4) is 17.0 Å². The Balaban J connectivity index is 1.78. The summed E-state index contributed by atoms with van der Waals surface area (Å²) in [5, 5.41) is 13.9. The maximum absolute atomic E-state index is 10.6. The first-order valence-corrected chi connectivity index (χ1v) is 7.52. The molecule has 0 amide bonds. The molecule has 5 nitrogen and oxygen atoms in total. The molecule has 1 aromatic heterocycles. The van der Waals surface area contributed by atoms with Crippen molar-refractivity contribution in [2.45, 2.75) is 6.54 Å². The van der Waals surface area contributed by atoms with Crippen LogP contribution < -0.4 is 10.1 Å². The molecule has 23 heavy (non-hydrogen) atoms. The van der Waals surface area contributed by atoms with Crippen LogP contribution in [-0.2, 0) is 11.3 Å². The monoisotopic (exact) mass is 328 g/mol. The topological polar surface area (TPSA) is 74.3 Å². The fourth-order valence-corrected chi connectivity index (χ4v) is 3.11. The molecule has 4 rings (SSSR count). The second kappa shape index (κ2) is 5.21. The van der Waals surface area contributed by atoms with Gasteiger partial charge in [0.05, 0.1) is 5.69 Å². The zero-order valence-corrected chi connectivity index (χ0v) is 12.8. The first-order valence-electron chi connectivity index (χ1n) is 7.15. The fraction of sp³-hybridized carbons (Fsp3) is 0.118. The van der Waals surface area contributed by atoms with Crippen LogP contribution in [0.5, 0.6) is 5.75 Å². The Labute approximate surface area is 136 Å². The van der Waals surface area contributed by atoms with Crippen molar-refractivity contribution in [3.05, 3.63) is 47.0 Å². The second-order valence-electron chi connectivity index (χ2n) is 5.41. The summed E-state index contributed by atoms with van der Waals surface area (Å²) in [7, 11) is 0. The molecule has 1 aliphatic rings. The lowest BCUT2D eigenvalue weighted by molar-refractivity contribution is -0.139. The third-order valence-electron chi connectivity index (χ3n) is 3.95. The van der Waals surface area contributed by atoms with Crippen LogP contribution in [-0.4, -0.2) is 22.7 Å². The van der Waals surface area contributed by atoms with Crippen LogP contribution in [0.4, 0.5) is 5.69 Å². The number of anilines is 1. The molecule has 1 aliphatic heterocycles. The van der Waals surface area contributed by atoms with Gasteiger partial charge in [0, 0.05) is 45.4 Å². The number of nitrogens with one attached hydrogen (secondary N) is 2. The Morgan fingerprint density at radius 3 is 2.96 bits per heavy atom. The quantitative estimate of drug-likeness (QED) is 0.682. The van der Waals surface area contributed by atoms with E-state index in [2.05, 4.69) is 10.3 Å². The first-order chi connectivity index (χ1) is 11.1. The van der Waals surface area contributed by atoms with Gasteiger partial charge in [-0.1, -0.05) is 11.6 Å². The van der Waals surface area contributed by atoms with Gasteiger partial charge in [0.25, 0.3) is 0 Å². The van der Waals surface area contributed by atoms with Crippen LogP contribution in [0.15, 0.2) is 36.4 Å². The summed E-state index contributed by atoms with van der Waals surface area (Å²) in [4.78, 5) is 14.0. The van der Waals surface area contributed by atoms with Crippen molar-refractivity contribution in [2.24, 2.45) is 0 Å². The molecule has 0 saturated carbocycles. The van der Waals surface area contributed by atoms with Crippen LogP contribution in [0.25, 0.3) is 22.2 Å². The van der Waals surface area contributed by atoms with Gasteiger partial charge in [-0.2, -0.15) is 0 Å². The van der Waals surface area contributed by atoms with Gasteiger partial charge in [0.15, 0.2) is 6.61 Å². The summed E-state index contributed by atoms with van der Waals surface area (Å²) in [6.07, 6.45) is 0. The summed E-state index contributed by atoms with van der Waals surface area (Å²) in [5.41, 5.74) is 5.22. The number of aromatic amines is 1. The number of benzene rings is 2. The minimum atomic E-state index is -0.995. The Morgan fingerprint density at radius 1 is 1.26 bits per heavy atom. The molecule has 3 aromatic rings. The number of aromatic nitrogens is 1. The Hall–Kier alpha value is -2.66. The molecule has 0 bridgehead atoms. The van der Waals surface area contributed by atoms with Gasteiger partial charge in [-0.15, -0.1) is 0 Å². The van der Waals surface area contributed by atoms with Crippen molar-refractivity contribution < 1.29 is 14.6 Å². The van der Waals surface area contributed by atoms with Crippen LogP contribution in [0, 0.1) is 0 Å². The molecule has 3 N–H and O–H groups in total. The lowest BCUT2D eigenvalue weighted by Crippen LogP contribution is -2.11. The number of ether oxygens (including phenoxy) is 1. The largest absolute Gasteiger partial charge is 0.482 e. The molecular weight excluding hydrogens is 316 g/mol. The second-order valence-corrected chi connectivity index (χ2v) is 5.85. The number of hydrogen-bond donors (Lipinski definition) is 3. The highest BCUT2D eigenvalue weighted by Crippen LogP contribution is 2.40. The number of carboxylic acid groups (broad SMARTS) is 1. The van der Waals surface area contributed by atoms with Crippen molar-refractivity contribution in [3.63, 3.8) is 0 Å². The summed E-state index contributed by atoms with van der Waals surface area (Å²) in [5.74, 6) is -0.466. The van der Waals surface area contributed by atoms with Gasteiger partial charge in [-0.05, 0) is 30.3 Å². The Morgan fingerprint density at radius 2 is 2.13 bits per heavy atom. The molecule has 0 fully saturated rings. The van der Waals surface area contributed by atoms with E-state index in [1.807, 2.05) is 30.3 Å². The third-order valence-corrected chi connectivity index (χ3v) is 4.18. The molecule has 0 saturated heterocycles. The maximum atomic E-state index is 10.6. The van der Waals surface area contributed by atoms with E-state index in [9.17, 15) is 4.79 Å². The van der Waals surface area contributed by atoms with Crippen molar-refractivity contribution in [1.82, 2.24) is 4.98 Å². The Bertz CT molecular complexity index is 933. The van der Waals surface area contributed by atoms with E-state index < -0.39 is 5.97 Å². The number of aliphatic carboxylic acids is 1. The lowest BCUT2D eigenvalue weighted by atomic mass is 9.99. The molecule has 0 spiro atoms. The van der Waals surface area contributed by atoms with E-state index >= 15 is 0 Å². The number of H-pyrrole nitrogens is 1. The van der Waals surface area contributed by atoms with Gasteiger partial charge in [0.1, 0.15) is 5.75 Å². The number of fused-ring (bicyclic) bond motifs is 5. The van der Waals surface area contributed by atoms with Crippen LogP contribution in [0.3, 0.4) is 0 Å². The van der Waals surface area contributed by atoms with Gasteiger partial charge >= 0.3 is 5.97 Å². The van der Waals surface area contributed by atoms with E-state index in [1.165, 1.54) is 5.56 Å². The summed E-state index contributed by atoms with van der Waals surface area (Å²) >= 11 is 6.10. The molecule has 0 unspecified atom stereocenters. The minimum Gasteiger partial charge on any atom is -0.482 e. The normalized spacial score (nSPS) is 12.4. The van der Waals surface area contributed by atoms with E-state index in [-0.39, 0.29) is 6.61 Å². The molecule has 2 heterocycles. The molecule has 0 radical (unpaired) electrons. The molecule has 2 aromatic carbocycles. The molecule has 0 atom stereocenters. The van der Waals surface area contributed by atoms with Gasteiger partial charge in [-0.3, -0.25) is 0 Å². The molecule has 0 aliphatic carbocycles. The van der Waals surface area contributed by atoms with Crippen molar-refractivity contribution in [2.75, 3.05) is 11.9 Å². The highest BCUT2D eigenvalue weighted by molar-refractivity contribution is 6.31. The van der Waals surface area contributed by atoms with Crippen molar-refractivity contribution >= 4 is 34.2 Å². The number of carbonyl (C=O) groups is 1. The average Bonchev–Trinajstić information content (AvgIpc) is 2.90. The van der Waals surface area contributed by atoms with E-state index in [4.69, 9.17) is 21.4 Å². The number of hydrogen-bond acceptors (Lipinski definition) is 3. The fourth-order valence-electron chi connectivity index (χ4n) is 2.94. The lowest BCUT2D eigenvalue weighted by Gasteiger charge is -2.19. The van der Waals surface area contributed by atoms with E-state index in [1.54, 1.807) is 6.07 Å². The van der Waals surface area contributed by atoms with Crippen LogP contribution in [0.2, 0.25) is 5.02 Å². The predicted octanol–water partition coefficient (Wildman–Crippen LogP) is 3.88. The number of halogens is 1. The summed E-state index contributed by atoms with van der Waals surface area (Å²) in [6, 6.07) is 11.3. The highest BCUT2D eigenvalue weighted by atomic mass is 35.5. The first kappa shape index (κ1) is 14.0. The molecular formula is C17H13ClN2O3. The highest BCUT2D eigenvalue weighted by Gasteiger charge is 2.21. The SMILES string of the molecule is O=C(O)COc1ccc2c(c1)NCc1c-2[nH]c2ccc(Cl)cc12. The van der Waals surface area contributed by atoms with Crippen LogP contribution in [0.1, 0.15) is 5.56 Å². The predicted molar refractivity (Wildman–Crippen MR) is 89.2 cm³/mol. The smallest absolute Gasteiger partial charge is 0.341 e. The summed E-state index contributed by atoms with van der Waals surface area (Å²) < 4.78 is 5.23. The van der Waals surface area contributed by atoms with E-state index in [0.29, 0.717) is 17.3 Å². The van der Waals surface area contributed by atoms with Gasteiger partial charge in [0.2, 0.25) is 0 Å². The maximum Gasteiger partial charge on any atom is 0.341 e. The number of carboxylic acids is 1. The zero-order valence-electron chi connectivity index (χ0n) is 12.0. The minimum absolute atomic E-state index is 0.352.